The highest BCUT2D eigenvalue weighted by Gasteiger charge is 2.39. The van der Waals surface area contributed by atoms with Gasteiger partial charge in [-0.05, 0) is 43.2 Å². The quantitative estimate of drug-likeness (QED) is 0.678. The van der Waals surface area contributed by atoms with Crippen LogP contribution in [0.2, 0.25) is 10.0 Å². The predicted molar refractivity (Wildman–Crippen MR) is 95.3 cm³/mol. The van der Waals surface area contributed by atoms with E-state index in [-0.39, 0.29) is 9.92 Å². The fourth-order valence-electron chi connectivity index (χ4n) is 3.17. The van der Waals surface area contributed by atoms with E-state index in [0.717, 1.165) is 6.42 Å². The van der Waals surface area contributed by atoms with Gasteiger partial charge in [-0.25, -0.2) is 8.42 Å². The zero-order valence-electron chi connectivity index (χ0n) is 13.0. The van der Waals surface area contributed by atoms with Gasteiger partial charge in [0.25, 0.3) is 0 Å². The summed E-state index contributed by atoms with van der Waals surface area (Å²) in [5.41, 5.74) is 0.683. The Morgan fingerprint density at radius 2 is 1.96 bits per heavy atom. The summed E-state index contributed by atoms with van der Waals surface area (Å²) in [6.07, 6.45) is 3.25. The number of hydrogen-bond acceptors (Lipinski definition) is 4. The van der Waals surface area contributed by atoms with Gasteiger partial charge < -0.3 is 0 Å². The number of hydrogen-bond donors (Lipinski definition) is 0. The highest BCUT2D eigenvalue weighted by atomic mass is 35.5. The molecule has 4 rings (SSSR count). The van der Waals surface area contributed by atoms with Gasteiger partial charge in [0.2, 0.25) is 10.0 Å². The molecule has 0 amide bonds. The predicted octanol–water partition coefficient (Wildman–Crippen LogP) is 3.56. The summed E-state index contributed by atoms with van der Waals surface area (Å²) in [6.45, 7) is 0.400. The van der Waals surface area contributed by atoms with Crippen LogP contribution in [0.25, 0.3) is 5.65 Å². The van der Waals surface area contributed by atoms with Crippen LogP contribution in [0.5, 0.6) is 0 Å². The summed E-state index contributed by atoms with van der Waals surface area (Å²) < 4.78 is 29.6. The van der Waals surface area contributed by atoms with Crippen LogP contribution in [-0.4, -0.2) is 33.9 Å². The summed E-state index contributed by atoms with van der Waals surface area (Å²) in [4.78, 5) is 0.0161. The highest BCUT2D eigenvalue weighted by Crippen LogP contribution is 2.38. The lowest BCUT2D eigenvalue weighted by atomic mass is 10.2. The minimum absolute atomic E-state index is 0.0161. The molecule has 0 N–H and O–H groups in total. The Bertz CT molecular complexity index is 1050. The van der Waals surface area contributed by atoms with Crippen molar-refractivity contribution < 1.29 is 8.42 Å². The molecule has 0 aliphatic carbocycles. The molecule has 1 aliphatic heterocycles. The van der Waals surface area contributed by atoms with Crippen LogP contribution in [0, 0.1) is 0 Å². The van der Waals surface area contributed by atoms with Crippen molar-refractivity contribution in [3.05, 3.63) is 58.5 Å². The Morgan fingerprint density at radius 1 is 1.12 bits per heavy atom. The van der Waals surface area contributed by atoms with Crippen molar-refractivity contribution in [1.29, 1.82) is 0 Å². The van der Waals surface area contributed by atoms with Crippen molar-refractivity contribution in [3.63, 3.8) is 0 Å². The number of sulfonamides is 1. The summed E-state index contributed by atoms with van der Waals surface area (Å²) in [7, 11) is -3.80. The van der Waals surface area contributed by atoms with Gasteiger partial charge in [-0.1, -0.05) is 29.3 Å². The number of fused-ring (bicyclic) bond motifs is 1. The minimum atomic E-state index is -3.80. The molecule has 1 aliphatic rings. The Balaban J connectivity index is 1.80. The van der Waals surface area contributed by atoms with Gasteiger partial charge >= 0.3 is 0 Å². The standard InChI is InChI=1S/C16H14Cl2N4O2S/c17-11-6-7-12(18)14(10-11)25(23,24)22-9-3-4-13(22)16-20-19-15-5-1-2-8-21(15)16/h1-2,5-8,10,13H,3-4,9H2. The Hall–Kier alpha value is -1.67. The van der Waals surface area contributed by atoms with E-state index >= 15 is 0 Å². The molecule has 1 aromatic carbocycles. The molecule has 1 atom stereocenters. The minimum Gasteiger partial charge on any atom is -0.285 e. The van der Waals surface area contributed by atoms with E-state index in [4.69, 9.17) is 23.2 Å². The van der Waals surface area contributed by atoms with Crippen molar-refractivity contribution in [1.82, 2.24) is 18.9 Å². The maximum absolute atomic E-state index is 13.2. The lowest BCUT2D eigenvalue weighted by Crippen LogP contribution is -2.31. The van der Waals surface area contributed by atoms with Crippen LogP contribution in [0.15, 0.2) is 47.5 Å². The fourth-order valence-corrected chi connectivity index (χ4v) is 5.57. The van der Waals surface area contributed by atoms with E-state index in [0.29, 0.717) is 29.5 Å². The van der Waals surface area contributed by atoms with Gasteiger partial charge in [-0.2, -0.15) is 4.31 Å². The molecule has 1 saturated heterocycles. The van der Waals surface area contributed by atoms with Crippen LogP contribution in [-0.2, 0) is 10.0 Å². The topological polar surface area (TPSA) is 67.6 Å². The average molecular weight is 397 g/mol. The molecule has 9 heteroatoms. The Labute approximate surface area is 155 Å². The number of aromatic nitrogens is 3. The first kappa shape index (κ1) is 16.8. The number of nitrogens with zero attached hydrogens (tertiary/aromatic N) is 4. The smallest absolute Gasteiger partial charge is 0.245 e. The van der Waals surface area contributed by atoms with E-state index in [2.05, 4.69) is 10.2 Å². The van der Waals surface area contributed by atoms with Crippen LogP contribution in [0.1, 0.15) is 24.7 Å². The van der Waals surface area contributed by atoms with Gasteiger partial charge in [-0.3, -0.25) is 4.40 Å². The second-order valence-electron chi connectivity index (χ2n) is 5.84. The monoisotopic (exact) mass is 396 g/mol. The van der Waals surface area contributed by atoms with Gasteiger partial charge in [0, 0.05) is 17.8 Å². The van der Waals surface area contributed by atoms with Gasteiger partial charge in [0.1, 0.15) is 4.90 Å². The molecule has 3 aromatic rings. The summed E-state index contributed by atoms with van der Waals surface area (Å²) in [6, 6.07) is 9.61. The fraction of sp³-hybridized carbons (Fsp3) is 0.250. The van der Waals surface area contributed by atoms with Gasteiger partial charge in [0.05, 0.1) is 11.1 Å². The van der Waals surface area contributed by atoms with Crippen molar-refractivity contribution in [2.24, 2.45) is 0 Å². The van der Waals surface area contributed by atoms with Crippen molar-refractivity contribution in [2.45, 2.75) is 23.8 Å². The SMILES string of the molecule is O=S(=O)(c1cc(Cl)ccc1Cl)N1CCCC1c1nnc2ccccn12. The lowest BCUT2D eigenvalue weighted by Gasteiger charge is -2.23. The molecule has 3 heterocycles. The molecule has 6 nitrogen and oxygen atoms in total. The molecule has 0 spiro atoms. The molecule has 2 aromatic heterocycles. The molecule has 25 heavy (non-hydrogen) atoms. The van der Waals surface area contributed by atoms with E-state index < -0.39 is 16.1 Å². The maximum Gasteiger partial charge on any atom is 0.245 e. The molecular formula is C16H14Cl2N4O2S. The van der Waals surface area contributed by atoms with E-state index in [1.807, 2.05) is 28.8 Å². The van der Waals surface area contributed by atoms with Crippen molar-refractivity contribution >= 4 is 38.9 Å². The second-order valence-corrected chi connectivity index (χ2v) is 8.54. The van der Waals surface area contributed by atoms with E-state index in [9.17, 15) is 8.42 Å². The second kappa shape index (κ2) is 6.25. The molecule has 0 radical (unpaired) electrons. The van der Waals surface area contributed by atoms with Crippen LogP contribution >= 0.6 is 23.2 Å². The highest BCUT2D eigenvalue weighted by molar-refractivity contribution is 7.89. The third kappa shape index (κ3) is 2.81. The first-order valence-electron chi connectivity index (χ1n) is 7.75. The van der Waals surface area contributed by atoms with E-state index in [1.54, 1.807) is 6.07 Å². The number of halogens is 2. The molecule has 130 valence electrons. The molecule has 0 saturated carbocycles. The van der Waals surface area contributed by atoms with Crippen molar-refractivity contribution in [3.8, 4) is 0 Å². The summed E-state index contributed by atoms with van der Waals surface area (Å²) in [5, 5.41) is 8.83. The third-order valence-electron chi connectivity index (χ3n) is 4.32. The largest absolute Gasteiger partial charge is 0.285 e. The maximum atomic E-state index is 13.2. The first-order valence-corrected chi connectivity index (χ1v) is 9.94. The Kier molecular flexibility index (Phi) is 4.19. The molecule has 0 bridgehead atoms. The normalized spacial score (nSPS) is 18.9. The number of pyridine rings is 1. The van der Waals surface area contributed by atoms with Gasteiger partial charge in [0.15, 0.2) is 11.5 Å². The summed E-state index contributed by atoms with van der Waals surface area (Å²) in [5.74, 6) is 0.606. The first-order chi connectivity index (χ1) is 12.0. The van der Waals surface area contributed by atoms with Crippen LogP contribution in [0.3, 0.4) is 0 Å². The van der Waals surface area contributed by atoms with Crippen molar-refractivity contribution in [2.75, 3.05) is 6.54 Å². The zero-order chi connectivity index (χ0) is 17.6. The van der Waals surface area contributed by atoms with E-state index in [1.165, 1.54) is 16.4 Å². The van der Waals surface area contributed by atoms with Crippen LogP contribution < -0.4 is 0 Å². The lowest BCUT2D eigenvalue weighted by molar-refractivity contribution is 0.381. The summed E-state index contributed by atoms with van der Waals surface area (Å²) >= 11 is 12.1. The van der Waals surface area contributed by atoms with Crippen LogP contribution in [0.4, 0.5) is 0 Å². The Morgan fingerprint density at radius 3 is 2.80 bits per heavy atom. The zero-order valence-corrected chi connectivity index (χ0v) is 15.3. The average Bonchev–Trinajstić information content (AvgIpc) is 3.23. The van der Waals surface area contributed by atoms with Gasteiger partial charge in [-0.15, -0.1) is 10.2 Å². The molecule has 1 unspecified atom stereocenters. The number of benzene rings is 1. The molecular weight excluding hydrogens is 383 g/mol. The number of rotatable bonds is 3. The molecule has 1 fully saturated rings. The third-order valence-corrected chi connectivity index (χ3v) is 6.95.